The molecular weight excluding hydrogens is 270 g/mol. The van der Waals surface area contributed by atoms with Crippen LogP contribution in [-0.4, -0.2) is 52.1 Å². The summed E-state index contributed by atoms with van der Waals surface area (Å²) in [6, 6.07) is -3.10. The number of aliphatic carboxylic acids is 2. The summed E-state index contributed by atoms with van der Waals surface area (Å²) in [5.74, 6) is -3.61. The number of carboxylic acids is 2. The summed E-state index contributed by atoms with van der Waals surface area (Å²) in [6.45, 7) is 2.65. The molecule has 114 valence electrons. The predicted octanol–water partition coefficient (Wildman–Crippen LogP) is -1.73. The van der Waals surface area contributed by atoms with Crippen LogP contribution in [0.3, 0.4) is 0 Å². The molecule has 0 rings (SSSR count). The van der Waals surface area contributed by atoms with Crippen LogP contribution >= 0.6 is 0 Å². The fraction of sp³-hybridized carbons (Fsp3) is 0.636. The van der Waals surface area contributed by atoms with Crippen LogP contribution in [-0.2, 0) is 19.2 Å². The number of hydrogen-bond donors (Lipinski definition) is 5. The monoisotopic (exact) mass is 289 g/mol. The Morgan fingerprint density at radius 3 is 1.95 bits per heavy atom. The van der Waals surface area contributed by atoms with Gasteiger partial charge in [-0.2, -0.15) is 0 Å². The Labute approximate surface area is 115 Å². The van der Waals surface area contributed by atoms with Gasteiger partial charge in [-0.3, -0.25) is 19.2 Å². The van der Waals surface area contributed by atoms with E-state index >= 15 is 0 Å². The standard InChI is InChI=1S/C11H19N3O6/c1-5(9(17)14-6(2)11(19)20)13-10(18)7(12)3-4-8(15)16/h5-7H,3-4,12H2,1-2H3,(H,13,18)(H,14,17)(H,15,16)(H,19,20)/t5-,6-,7-/m0/s1. The lowest BCUT2D eigenvalue weighted by Gasteiger charge is -2.18. The SMILES string of the molecule is C[C@H](NC(=O)[C@H](C)NC(=O)[C@@H](N)CCC(=O)O)C(=O)O. The smallest absolute Gasteiger partial charge is 0.325 e. The second kappa shape index (κ2) is 8.10. The highest BCUT2D eigenvalue weighted by Gasteiger charge is 2.23. The first-order valence-corrected chi connectivity index (χ1v) is 5.96. The van der Waals surface area contributed by atoms with Gasteiger partial charge < -0.3 is 26.6 Å². The van der Waals surface area contributed by atoms with E-state index < -0.39 is 41.9 Å². The molecule has 0 heterocycles. The average molecular weight is 289 g/mol. The summed E-state index contributed by atoms with van der Waals surface area (Å²) in [4.78, 5) is 44.0. The second-order valence-corrected chi connectivity index (χ2v) is 4.34. The van der Waals surface area contributed by atoms with Crippen molar-refractivity contribution in [3.8, 4) is 0 Å². The maximum atomic E-state index is 11.6. The molecule has 0 spiro atoms. The molecule has 0 saturated heterocycles. The van der Waals surface area contributed by atoms with Gasteiger partial charge in [-0.25, -0.2) is 0 Å². The van der Waals surface area contributed by atoms with Gasteiger partial charge in [-0.15, -0.1) is 0 Å². The zero-order chi connectivity index (χ0) is 15.9. The van der Waals surface area contributed by atoms with Crippen molar-refractivity contribution in [3.05, 3.63) is 0 Å². The Bertz CT molecular complexity index is 398. The number of nitrogens with two attached hydrogens (primary N) is 1. The first-order chi connectivity index (χ1) is 9.15. The highest BCUT2D eigenvalue weighted by atomic mass is 16.4. The van der Waals surface area contributed by atoms with E-state index in [-0.39, 0.29) is 12.8 Å². The number of carbonyl (C=O) groups is 4. The van der Waals surface area contributed by atoms with Gasteiger partial charge >= 0.3 is 11.9 Å². The molecule has 0 aromatic heterocycles. The summed E-state index contributed by atoms with van der Waals surface area (Å²) in [6.07, 6.45) is -0.313. The molecule has 3 atom stereocenters. The van der Waals surface area contributed by atoms with Gasteiger partial charge in [0.15, 0.2) is 0 Å². The van der Waals surface area contributed by atoms with Crippen LogP contribution in [0.1, 0.15) is 26.7 Å². The van der Waals surface area contributed by atoms with E-state index in [1.54, 1.807) is 0 Å². The van der Waals surface area contributed by atoms with Gasteiger partial charge in [0.1, 0.15) is 12.1 Å². The highest BCUT2D eigenvalue weighted by Crippen LogP contribution is 1.96. The molecule has 0 fully saturated rings. The first-order valence-electron chi connectivity index (χ1n) is 5.96. The van der Waals surface area contributed by atoms with Crippen LogP contribution in [0.25, 0.3) is 0 Å². The van der Waals surface area contributed by atoms with E-state index in [1.807, 2.05) is 0 Å². The van der Waals surface area contributed by atoms with Crippen LogP contribution < -0.4 is 16.4 Å². The van der Waals surface area contributed by atoms with Crippen molar-refractivity contribution in [2.75, 3.05) is 0 Å². The van der Waals surface area contributed by atoms with Crippen LogP contribution in [0.2, 0.25) is 0 Å². The Hall–Kier alpha value is -2.16. The Balaban J connectivity index is 4.27. The van der Waals surface area contributed by atoms with E-state index in [4.69, 9.17) is 15.9 Å². The molecule has 0 unspecified atom stereocenters. The van der Waals surface area contributed by atoms with Crippen molar-refractivity contribution >= 4 is 23.8 Å². The minimum Gasteiger partial charge on any atom is -0.481 e. The summed E-state index contributed by atoms with van der Waals surface area (Å²) in [5.41, 5.74) is 5.46. The number of rotatable bonds is 8. The maximum Gasteiger partial charge on any atom is 0.325 e. The molecule has 2 amide bonds. The minimum atomic E-state index is -1.20. The van der Waals surface area contributed by atoms with Crippen LogP contribution in [0.5, 0.6) is 0 Å². The molecule has 0 bridgehead atoms. The van der Waals surface area contributed by atoms with Crippen LogP contribution in [0, 0.1) is 0 Å². The van der Waals surface area contributed by atoms with Gasteiger partial charge in [0, 0.05) is 6.42 Å². The molecule has 9 heteroatoms. The predicted molar refractivity (Wildman–Crippen MR) is 67.7 cm³/mol. The maximum absolute atomic E-state index is 11.6. The third-order valence-corrected chi connectivity index (χ3v) is 2.49. The zero-order valence-electron chi connectivity index (χ0n) is 11.3. The summed E-state index contributed by atoms with van der Waals surface area (Å²) in [7, 11) is 0. The van der Waals surface area contributed by atoms with Crippen molar-refractivity contribution in [3.63, 3.8) is 0 Å². The number of carbonyl (C=O) groups excluding carboxylic acids is 2. The molecule has 0 aliphatic heterocycles. The molecule has 0 aliphatic carbocycles. The average Bonchev–Trinajstić information content (AvgIpc) is 2.35. The van der Waals surface area contributed by atoms with E-state index in [1.165, 1.54) is 13.8 Å². The van der Waals surface area contributed by atoms with Gasteiger partial charge in [0.25, 0.3) is 0 Å². The topological polar surface area (TPSA) is 159 Å². The van der Waals surface area contributed by atoms with Crippen molar-refractivity contribution < 1.29 is 29.4 Å². The minimum absolute atomic E-state index is 0.0545. The number of hydrogen-bond acceptors (Lipinski definition) is 5. The first kappa shape index (κ1) is 17.8. The Morgan fingerprint density at radius 1 is 1.00 bits per heavy atom. The highest BCUT2D eigenvalue weighted by molar-refractivity contribution is 5.91. The largest absolute Gasteiger partial charge is 0.481 e. The summed E-state index contributed by atoms with van der Waals surface area (Å²) < 4.78 is 0. The fourth-order valence-electron chi connectivity index (χ4n) is 1.20. The van der Waals surface area contributed by atoms with Gasteiger partial charge in [-0.05, 0) is 20.3 Å². The molecule has 0 aliphatic rings. The van der Waals surface area contributed by atoms with E-state index in [2.05, 4.69) is 10.6 Å². The van der Waals surface area contributed by atoms with Crippen molar-refractivity contribution in [2.45, 2.75) is 44.8 Å². The zero-order valence-corrected chi connectivity index (χ0v) is 11.3. The lowest BCUT2D eigenvalue weighted by atomic mass is 10.1. The van der Waals surface area contributed by atoms with Crippen LogP contribution in [0.15, 0.2) is 0 Å². The summed E-state index contributed by atoms with van der Waals surface area (Å²) in [5, 5.41) is 21.6. The van der Waals surface area contributed by atoms with Crippen LogP contribution in [0.4, 0.5) is 0 Å². The third-order valence-electron chi connectivity index (χ3n) is 2.49. The van der Waals surface area contributed by atoms with Gasteiger partial charge in [0.2, 0.25) is 11.8 Å². The molecule has 6 N–H and O–H groups in total. The summed E-state index contributed by atoms with van der Waals surface area (Å²) >= 11 is 0. The molecule has 0 radical (unpaired) electrons. The lowest BCUT2D eigenvalue weighted by Crippen LogP contribution is -2.52. The molecule has 0 aromatic carbocycles. The number of amides is 2. The van der Waals surface area contributed by atoms with E-state index in [0.29, 0.717) is 0 Å². The van der Waals surface area contributed by atoms with Crippen molar-refractivity contribution in [1.29, 1.82) is 0 Å². The Kier molecular flexibility index (Phi) is 7.22. The van der Waals surface area contributed by atoms with Crippen molar-refractivity contribution in [2.24, 2.45) is 5.73 Å². The molecule has 0 saturated carbocycles. The quantitative estimate of drug-likeness (QED) is 0.355. The fourth-order valence-corrected chi connectivity index (χ4v) is 1.20. The Morgan fingerprint density at radius 2 is 1.50 bits per heavy atom. The molecule has 9 nitrogen and oxygen atoms in total. The van der Waals surface area contributed by atoms with Gasteiger partial charge in [0.05, 0.1) is 6.04 Å². The third kappa shape index (κ3) is 6.69. The second-order valence-electron chi connectivity index (χ2n) is 4.34. The molecule has 0 aromatic rings. The number of carboxylic acid groups (broad SMARTS) is 2. The van der Waals surface area contributed by atoms with E-state index in [9.17, 15) is 19.2 Å². The van der Waals surface area contributed by atoms with E-state index in [0.717, 1.165) is 0 Å². The lowest BCUT2D eigenvalue weighted by molar-refractivity contribution is -0.141. The number of nitrogens with one attached hydrogen (secondary N) is 2. The molecule has 20 heavy (non-hydrogen) atoms. The molecular formula is C11H19N3O6. The van der Waals surface area contributed by atoms with Gasteiger partial charge in [-0.1, -0.05) is 0 Å². The normalized spacial score (nSPS) is 14.8. The van der Waals surface area contributed by atoms with Crippen molar-refractivity contribution in [1.82, 2.24) is 10.6 Å².